The molecular weight excluding hydrogens is 468 g/mol. The van der Waals surface area contributed by atoms with Gasteiger partial charge in [-0.1, -0.05) is 60.1 Å². The van der Waals surface area contributed by atoms with E-state index in [1.54, 1.807) is 11.8 Å². The van der Waals surface area contributed by atoms with Gasteiger partial charge in [-0.3, -0.25) is 9.59 Å². The normalized spacial score (nSPS) is 13.9. The quantitative estimate of drug-likeness (QED) is 0.502. The highest BCUT2D eigenvalue weighted by molar-refractivity contribution is 6.32. The van der Waals surface area contributed by atoms with Crippen LogP contribution in [-0.4, -0.2) is 52.2 Å². The number of anilines is 1. The van der Waals surface area contributed by atoms with Gasteiger partial charge in [0.1, 0.15) is 10.7 Å². The standard InChI is InChI=1S/C26H27ClN4O4/c1-18-23(24(27)31(29-18)16-19-8-4-2-5-9-19)26(34)35-17-22(32)30-14-12-20(13-15-30)25(33)28-21-10-6-3-7-11-21/h2-11,20H,12-17H2,1H3,(H,28,33). The van der Waals surface area contributed by atoms with E-state index in [-0.39, 0.29) is 35.1 Å². The number of rotatable bonds is 7. The molecule has 0 atom stereocenters. The number of carbonyl (C=O) groups excluding carboxylic acids is 3. The fraction of sp³-hybridized carbons (Fsp3) is 0.308. The van der Waals surface area contributed by atoms with E-state index in [1.807, 2.05) is 60.7 Å². The summed E-state index contributed by atoms with van der Waals surface area (Å²) in [6, 6.07) is 18.9. The molecule has 0 unspecified atom stereocenters. The first-order valence-electron chi connectivity index (χ1n) is 11.5. The van der Waals surface area contributed by atoms with E-state index >= 15 is 0 Å². The molecule has 2 aromatic carbocycles. The van der Waals surface area contributed by atoms with Gasteiger partial charge in [0.05, 0.1) is 12.2 Å². The van der Waals surface area contributed by atoms with Crippen LogP contribution in [0.3, 0.4) is 0 Å². The molecule has 1 saturated heterocycles. The van der Waals surface area contributed by atoms with Crippen LogP contribution in [0.25, 0.3) is 0 Å². The number of amides is 2. The Morgan fingerprint density at radius 2 is 1.66 bits per heavy atom. The largest absolute Gasteiger partial charge is 0.452 e. The average molecular weight is 495 g/mol. The number of aromatic nitrogens is 2. The van der Waals surface area contributed by atoms with Crippen molar-refractivity contribution in [1.82, 2.24) is 14.7 Å². The fourth-order valence-corrected chi connectivity index (χ4v) is 4.41. The van der Waals surface area contributed by atoms with Crippen LogP contribution >= 0.6 is 11.6 Å². The molecule has 0 bridgehead atoms. The van der Waals surface area contributed by atoms with E-state index in [9.17, 15) is 14.4 Å². The molecule has 2 amide bonds. The van der Waals surface area contributed by atoms with Crippen LogP contribution in [0.5, 0.6) is 0 Å². The molecule has 1 aromatic heterocycles. The summed E-state index contributed by atoms with van der Waals surface area (Å²) in [6.07, 6.45) is 1.10. The molecule has 3 aromatic rings. The van der Waals surface area contributed by atoms with Gasteiger partial charge in [-0.2, -0.15) is 5.10 Å². The number of hydrogen-bond acceptors (Lipinski definition) is 5. The maximum Gasteiger partial charge on any atom is 0.343 e. The molecular formula is C26H27ClN4O4. The van der Waals surface area contributed by atoms with Gasteiger partial charge in [-0.25, -0.2) is 9.48 Å². The van der Waals surface area contributed by atoms with E-state index in [0.717, 1.165) is 11.3 Å². The SMILES string of the molecule is Cc1nn(Cc2ccccc2)c(Cl)c1C(=O)OCC(=O)N1CCC(C(=O)Nc2ccccc2)CC1. The number of benzene rings is 2. The first-order chi connectivity index (χ1) is 16.9. The molecule has 0 radical (unpaired) electrons. The first kappa shape index (κ1) is 24.5. The van der Waals surface area contributed by atoms with Crippen LogP contribution in [0.2, 0.25) is 5.15 Å². The number of para-hydroxylation sites is 1. The smallest absolute Gasteiger partial charge is 0.343 e. The predicted octanol–water partition coefficient (Wildman–Crippen LogP) is 3.93. The summed E-state index contributed by atoms with van der Waals surface area (Å²) in [6.45, 7) is 2.56. The summed E-state index contributed by atoms with van der Waals surface area (Å²) in [5.41, 5.74) is 2.34. The van der Waals surface area contributed by atoms with E-state index in [4.69, 9.17) is 16.3 Å². The van der Waals surface area contributed by atoms with Crippen molar-refractivity contribution in [3.8, 4) is 0 Å². The number of halogens is 1. The molecule has 35 heavy (non-hydrogen) atoms. The number of nitrogens with zero attached hydrogens (tertiary/aromatic N) is 3. The number of carbonyl (C=O) groups is 3. The minimum Gasteiger partial charge on any atom is -0.452 e. The predicted molar refractivity (Wildman–Crippen MR) is 132 cm³/mol. The maximum absolute atomic E-state index is 12.7. The maximum atomic E-state index is 12.7. The Hall–Kier alpha value is -3.65. The number of aryl methyl sites for hydroxylation is 1. The Kier molecular flexibility index (Phi) is 7.82. The molecule has 1 aliphatic rings. The lowest BCUT2D eigenvalue weighted by Gasteiger charge is -2.31. The van der Waals surface area contributed by atoms with Gasteiger partial charge >= 0.3 is 5.97 Å². The number of hydrogen-bond donors (Lipinski definition) is 1. The van der Waals surface area contributed by atoms with Crippen LogP contribution < -0.4 is 5.32 Å². The summed E-state index contributed by atoms with van der Waals surface area (Å²) in [4.78, 5) is 39.4. The molecule has 1 fully saturated rings. The van der Waals surface area contributed by atoms with Crippen molar-refractivity contribution in [3.63, 3.8) is 0 Å². The van der Waals surface area contributed by atoms with Gasteiger partial charge in [-0.05, 0) is 37.5 Å². The van der Waals surface area contributed by atoms with Crippen molar-refractivity contribution in [2.24, 2.45) is 5.92 Å². The average Bonchev–Trinajstić information content (AvgIpc) is 3.16. The van der Waals surface area contributed by atoms with E-state index in [1.165, 1.54) is 4.68 Å². The molecule has 4 rings (SSSR count). The summed E-state index contributed by atoms with van der Waals surface area (Å²) >= 11 is 6.41. The van der Waals surface area contributed by atoms with Crippen molar-refractivity contribution >= 4 is 35.1 Å². The lowest BCUT2D eigenvalue weighted by atomic mass is 9.95. The minimum absolute atomic E-state index is 0.0487. The Morgan fingerprint density at radius 3 is 2.31 bits per heavy atom. The zero-order valence-corrected chi connectivity index (χ0v) is 20.2. The highest BCUT2D eigenvalue weighted by Crippen LogP contribution is 2.23. The summed E-state index contributed by atoms with van der Waals surface area (Å²) < 4.78 is 6.81. The second kappa shape index (κ2) is 11.2. The molecule has 1 N–H and O–H groups in total. The van der Waals surface area contributed by atoms with Crippen LogP contribution in [0.15, 0.2) is 60.7 Å². The zero-order chi connectivity index (χ0) is 24.8. The number of ether oxygens (including phenoxy) is 1. The number of esters is 1. The molecule has 9 heteroatoms. The van der Waals surface area contributed by atoms with E-state index in [0.29, 0.717) is 38.2 Å². The molecule has 0 saturated carbocycles. The second-order valence-corrected chi connectivity index (χ2v) is 8.84. The first-order valence-corrected chi connectivity index (χ1v) is 11.9. The van der Waals surface area contributed by atoms with Crippen molar-refractivity contribution in [2.75, 3.05) is 25.0 Å². The number of piperidine rings is 1. The third-order valence-corrected chi connectivity index (χ3v) is 6.42. The third-order valence-electron chi connectivity index (χ3n) is 6.03. The van der Waals surface area contributed by atoms with E-state index in [2.05, 4.69) is 10.4 Å². The zero-order valence-electron chi connectivity index (χ0n) is 19.4. The molecule has 8 nitrogen and oxygen atoms in total. The Labute approximate surface area is 208 Å². The van der Waals surface area contributed by atoms with Crippen molar-refractivity contribution < 1.29 is 19.1 Å². The van der Waals surface area contributed by atoms with Crippen LogP contribution in [0, 0.1) is 12.8 Å². The molecule has 0 aliphatic carbocycles. The van der Waals surface area contributed by atoms with Crippen LogP contribution in [0.4, 0.5) is 5.69 Å². The van der Waals surface area contributed by atoms with Gasteiger partial charge in [-0.15, -0.1) is 0 Å². The highest BCUT2D eigenvalue weighted by atomic mass is 35.5. The van der Waals surface area contributed by atoms with Crippen molar-refractivity contribution in [2.45, 2.75) is 26.3 Å². The van der Waals surface area contributed by atoms with Gasteiger partial charge in [0, 0.05) is 24.7 Å². The number of likely N-dealkylation sites (tertiary alicyclic amines) is 1. The fourth-order valence-electron chi connectivity index (χ4n) is 4.09. The Morgan fingerprint density at radius 1 is 1.03 bits per heavy atom. The molecule has 1 aliphatic heterocycles. The molecule has 0 spiro atoms. The topological polar surface area (TPSA) is 93.5 Å². The van der Waals surface area contributed by atoms with Crippen LogP contribution in [-0.2, 0) is 20.9 Å². The van der Waals surface area contributed by atoms with Crippen LogP contribution in [0.1, 0.15) is 34.5 Å². The highest BCUT2D eigenvalue weighted by Gasteiger charge is 2.29. The van der Waals surface area contributed by atoms with Crippen molar-refractivity contribution in [3.05, 3.63) is 82.6 Å². The lowest BCUT2D eigenvalue weighted by molar-refractivity contribution is -0.137. The summed E-state index contributed by atoms with van der Waals surface area (Å²) in [5, 5.41) is 7.43. The monoisotopic (exact) mass is 494 g/mol. The second-order valence-electron chi connectivity index (χ2n) is 8.48. The van der Waals surface area contributed by atoms with Gasteiger partial charge in [0.15, 0.2) is 6.61 Å². The van der Waals surface area contributed by atoms with Gasteiger partial charge in [0.25, 0.3) is 5.91 Å². The molecule has 182 valence electrons. The summed E-state index contributed by atoms with van der Waals surface area (Å²) in [5.74, 6) is -1.20. The summed E-state index contributed by atoms with van der Waals surface area (Å²) in [7, 11) is 0. The van der Waals surface area contributed by atoms with E-state index < -0.39 is 5.97 Å². The van der Waals surface area contributed by atoms with Gasteiger partial charge in [0.2, 0.25) is 5.91 Å². The van der Waals surface area contributed by atoms with Gasteiger partial charge < -0.3 is 15.0 Å². The Bertz CT molecular complexity index is 1190. The molecule has 2 heterocycles. The minimum atomic E-state index is -0.683. The lowest BCUT2D eigenvalue weighted by Crippen LogP contribution is -2.43. The number of nitrogens with one attached hydrogen (secondary N) is 1. The van der Waals surface area contributed by atoms with Crippen molar-refractivity contribution in [1.29, 1.82) is 0 Å². The Balaban J connectivity index is 1.27. The third kappa shape index (κ3) is 6.08.